The Morgan fingerprint density at radius 3 is 2.62 bits per heavy atom. The van der Waals surface area contributed by atoms with E-state index in [1.807, 2.05) is 30.3 Å². The fourth-order valence-corrected chi connectivity index (χ4v) is 2.76. The highest BCUT2D eigenvalue weighted by atomic mass is 35.5. The van der Waals surface area contributed by atoms with Crippen molar-refractivity contribution < 1.29 is 9.53 Å². The summed E-state index contributed by atoms with van der Waals surface area (Å²) in [4.78, 5) is 12.0. The summed E-state index contributed by atoms with van der Waals surface area (Å²) in [5.41, 5.74) is 4.21. The highest BCUT2D eigenvalue weighted by molar-refractivity contribution is 8.15. The fourth-order valence-electron chi connectivity index (χ4n) is 1.90. The Labute approximate surface area is 158 Å². The Balaban J connectivity index is 1.84. The van der Waals surface area contributed by atoms with Crippen LogP contribution in [0.1, 0.15) is 0 Å². The number of nitrogens with zero attached hydrogens (tertiary/aromatic N) is 5. The Morgan fingerprint density at radius 2 is 1.92 bits per heavy atom. The molecular formula is C16H13ClN6O2S. The number of benzene rings is 2. The molecule has 3 aromatic rings. The maximum Gasteiger partial charge on any atom is 0.365 e. The largest absolute Gasteiger partial charge is 0.464 e. The van der Waals surface area contributed by atoms with Crippen molar-refractivity contribution >= 4 is 40.1 Å². The summed E-state index contributed by atoms with van der Waals surface area (Å²) in [5.74, 6) is -0.612. The zero-order valence-corrected chi connectivity index (χ0v) is 15.1. The smallest absolute Gasteiger partial charge is 0.365 e. The molecule has 132 valence electrons. The first-order valence-corrected chi connectivity index (χ1v) is 8.56. The molecule has 0 amide bonds. The predicted octanol–water partition coefficient (Wildman–Crippen LogP) is 3.01. The van der Waals surface area contributed by atoms with Crippen LogP contribution in [-0.2, 0) is 9.53 Å². The van der Waals surface area contributed by atoms with Gasteiger partial charge in [0.2, 0.25) is 10.2 Å². The number of ether oxygens (including phenoxy) is 1. The molecule has 1 heterocycles. The molecule has 0 aliphatic rings. The average Bonchev–Trinajstić information content (AvgIpc) is 3.14. The maximum atomic E-state index is 12.0. The van der Waals surface area contributed by atoms with Crippen molar-refractivity contribution in [2.45, 2.75) is 5.16 Å². The Morgan fingerprint density at radius 1 is 1.19 bits per heavy atom. The first kappa shape index (κ1) is 17.9. The molecule has 0 spiro atoms. The number of para-hydroxylation sites is 1. The second-order valence-corrected chi connectivity index (χ2v) is 6.23. The zero-order chi connectivity index (χ0) is 18.4. The number of aromatic nitrogens is 4. The number of esters is 1. The van der Waals surface area contributed by atoms with Gasteiger partial charge in [0.05, 0.1) is 18.5 Å². The van der Waals surface area contributed by atoms with Crippen molar-refractivity contribution in [2.24, 2.45) is 5.10 Å². The monoisotopic (exact) mass is 388 g/mol. The third-order valence-electron chi connectivity index (χ3n) is 3.12. The third-order valence-corrected chi connectivity index (χ3v) is 4.26. The summed E-state index contributed by atoms with van der Waals surface area (Å²) in [6.45, 7) is 0. The van der Waals surface area contributed by atoms with Crippen LogP contribution < -0.4 is 5.43 Å². The summed E-state index contributed by atoms with van der Waals surface area (Å²) < 4.78 is 6.29. The van der Waals surface area contributed by atoms with Gasteiger partial charge in [-0.05, 0) is 58.6 Å². The van der Waals surface area contributed by atoms with Crippen LogP contribution in [0.3, 0.4) is 0 Å². The molecule has 0 atom stereocenters. The van der Waals surface area contributed by atoms with Crippen LogP contribution in [0.2, 0.25) is 5.02 Å². The average molecular weight is 389 g/mol. The van der Waals surface area contributed by atoms with Crippen LogP contribution in [0.4, 0.5) is 5.69 Å². The van der Waals surface area contributed by atoms with Crippen LogP contribution in [0.5, 0.6) is 0 Å². The van der Waals surface area contributed by atoms with Crippen LogP contribution in [0.15, 0.2) is 64.9 Å². The predicted molar refractivity (Wildman–Crippen MR) is 99.5 cm³/mol. The van der Waals surface area contributed by atoms with Gasteiger partial charge in [0.1, 0.15) is 0 Å². The summed E-state index contributed by atoms with van der Waals surface area (Å²) in [6.07, 6.45) is 0. The van der Waals surface area contributed by atoms with Gasteiger partial charge >= 0.3 is 5.97 Å². The lowest BCUT2D eigenvalue weighted by Gasteiger charge is -2.06. The summed E-state index contributed by atoms with van der Waals surface area (Å²) >= 11 is 6.84. The number of nitrogens with one attached hydrogen (secondary N) is 1. The van der Waals surface area contributed by atoms with E-state index in [1.54, 1.807) is 24.3 Å². The second-order valence-electron chi connectivity index (χ2n) is 4.84. The molecule has 0 unspecified atom stereocenters. The lowest BCUT2D eigenvalue weighted by Crippen LogP contribution is -2.15. The van der Waals surface area contributed by atoms with E-state index in [9.17, 15) is 4.79 Å². The number of carbonyl (C=O) groups is 1. The first-order valence-electron chi connectivity index (χ1n) is 7.36. The molecule has 0 saturated carbocycles. The SMILES string of the molecule is COC(=O)C(=NNc1ccc(Cl)cc1)Sc1nnnn1-c1ccccc1. The normalized spacial score (nSPS) is 11.2. The minimum atomic E-state index is -0.612. The van der Waals surface area contributed by atoms with E-state index in [2.05, 4.69) is 26.1 Å². The lowest BCUT2D eigenvalue weighted by atomic mass is 10.3. The molecule has 0 aliphatic carbocycles. The number of methoxy groups -OCH3 is 1. The molecule has 1 N–H and O–H groups in total. The van der Waals surface area contributed by atoms with Crippen molar-refractivity contribution in [1.29, 1.82) is 0 Å². The van der Waals surface area contributed by atoms with Crippen LogP contribution in [-0.4, -0.2) is 38.3 Å². The molecule has 0 fully saturated rings. The van der Waals surface area contributed by atoms with Gasteiger partial charge in [0, 0.05) is 5.02 Å². The van der Waals surface area contributed by atoms with Gasteiger partial charge in [-0.1, -0.05) is 29.8 Å². The summed E-state index contributed by atoms with van der Waals surface area (Å²) in [5, 5.41) is 16.7. The van der Waals surface area contributed by atoms with E-state index in [0.29, 0.717) is 15.9 Å². The number of carbonyl (C=O) groups excluding carboxylic acids is 1. The molecule has 0 aliphatic heterocycles. The fraction of sp³-hybridized carbons (Fsp3) is 0.0625. The number of hydrogen-bond donors (Lipinski definition) is 1. The van der Waals surface area contributed by atoms with Gasteiger partial charge in [0.25, 0.3) is 0 Å². The third kappa shape index (κ3) is 4.38. The number of anilines is 1. The first-order chi connectivity index (χ1) is 12.7. The molecule has 8 nitrogen and oxygen atoms in total. The minimum absolute atomic E-state index is 0.0504. The second kappa shape index (κ2) is 8.45. The summed E-state index contributed by atoms with van der Waals surface area (Å²) in [7, 11) is 1.28. The molecule has 1 aromatic heterocycles. The number of rotatable bonds is 4. The van der Waals surface area contributed by atoms with Crippen molar-refractivity contribution in [2.75, 3.05) is 12.5 Å². The highest BCUT2D eigenvalue weighted by Gasteiger charge is 2.19. The zero-order valence-electron chi connectivity index (χ0n) is 13.5. The van der Waals surface area contributed by atoms with Crippen molar-refractivity contribution in [3.05, 3.63) is 59.6 Å². The molecule has 3 rings (SSSR count). The Kier molecular flexibility index (Phi) is 5.82. The van der Waals surface area contributed by atoms with E-state index in [1.165, 1.54) is 11.8 Å². The van der Waals surface area contributed by atoms with Gasteiger partial charge in [-0.3, -0.25) is 5.43 Å². The molecule has 0 radical (unpaired) electrons. The van der Waals surface area contributed by atoms with Gasteiger partial charge < -0.3 is 4.74 Å². The van der Waals surface area contributed by atoms with Crippen LogP contribution in [0.25, 0.3) is 5.69 Å². The molecular weight excluding hydrogens is 376 g/mol. The van der Waals surface area contributed by atoms with E-state index in [-0.39, 0.29) is 5.04 Å². The van der Waals surface area contributed by atoms with Crippen LogP contribution in [0, 0.1) is 0 Å². The van der Waals surface area contributed by atoms with E-state index >= 15 is 0 Å². The van der Waals surface area contributed by atoms with Gasteiger partial charge in [-0.25, -0.2) is 4.79 Å². The molecule has 2 aromatic carbocycles. The van der Waals surface area contributed by atoms with E-state index in [4.69, 9.17) is 16.3 Å². The number of hydrogen-bond acceptors (Lipinski definition) is 8. The highest BCUT2D eigenvalue weighted by Crippen LogP contribution is 2.21. The van der Waals surface area contributed by atoms with Gasteiger partial charge in [0.15, 0.2) is 0 Å². The molecule has 26 heavy (non-hydrogen) atoms. The van der Waals surface area contributed by atoms with Gasteiger partial charge in [-0.2, -0.15) is 9.78 Å². The van der Waals surface area contributed by atoms with Crippen LogP contribution >= 0.6 is 23.4 Å². The van der Waals surface area contributed by atoms with Gasteiger partial charge in [-0.15, -0.1) is 5.10 Å². The lowest BCUT2D eigenvalue weighted by molar-refractivity contribution is -0.132. The van der Waals surface area contributed by atoms with E-state index in [0.717, 1.165) is 17.4 Å². The maximum absolute atomic E-state index is 12.0. The van der Waals surface area contributed by atoms with E-state index < -0.39 is 5.97 Å². The standard InChI is InChI=1S/C16H13ClN6O2S/c1-25-15(24)14(19-18-12-9-7-11(17)8-10-12)26-16-20-21-22-23(16)13-5-3-2-4-6-13/h2-10,18H,1H3. The number of thioether (sulfide) groups is 1. The Hall–Kier alpha value is -2.91. The quantitative estimate of drug-likeness (QED) is 0.241. The van der Waals surface area contributed by atoms with Crippen molar-refractivity contribution in [1.82, 2.24) is 20.2 Å². The molecule has 0 bridgehead atoms. The Bertz CT molecular complexity index is 914. The molecule has 10 heteroatoms. The van der Waals surface area contributed by atoms with Crippen molar-refractivity contribution in [3.8, 4) is 5.69 Å². The number of halogens is 1. The number of tetrazole rings is 1. The van der Waals surface area contributed by atoms with Crippen molar-refractivity contribution in [3.63, 3.8) is 0 Å². The summed E-state index contributed by atoms with van der Waals surface area (Å²) in [6, 6.07) is 16.2. The topological polar surface area (TPSA) is 94.3 Å². The minimum Gasteiger partial charge on any atom is -0.464 e. The molecule has 0 saturated heterocycles. The number of hydrazone groups is 1.